The first-order valence-corrected chi connectivity index (χ1v) is 10.5. The number of likely N-dealkylation sites (tertiary alicyclic amines) is 1. The van der Waals surface area contributed by atoms with Gasteiger partial charge in [0.25, 0.3) is 0 Å². The summed E-state index contributed by atoms with van der Waals surface area (Å²) < 4.78 is 23.9. The van der Waals surface area contributed by atoms with Crippen LogP contribution in [-0.4, -0.2) is 48.6 Å². The molecular weight excluding hydrogens is 342 g/mol. The van der Waals surface area contributed by atoms with Crippen molar-refractivity contribution in [3.05, 3.63) is 29.8 Å². The summed E-state index contributed by atoms with van der Waals surface area (Å²) in [6, 6.07) is 5.59. The van der Waals surface area contributed by atoms with E-state index in [0.29, 0.717) is 12.0 Å². The van der Waals surface area contributed by atoms with Gasteiger partial charge in [0.2, 0.25) is 5.91 Å². The number of carbonyl (C=O) groups excluding carboxylic acids is 1. The molecule has 3 rings (SSSR count). The second-order valence-corrected chi connectivity index (χ2v) is 9.04. The van der Waals surface area contributed by atoms with Crippen molar-refractivity contribution in [1.82, 2.24) is 4.90 Å². The van der Waals surface area contributed by atoms with Gasteiger partial charge in [-0.3, -0.25) is 4.79 Å². The fraction of sp³-hybridized carbons (Fsp3) is 0.556. The van der Waals surface area contributed by atoms with E-state index < -0.39 is 21.8 Å². The third-order valence-corrected chi connectivity index (χ3v) is 6.57. The van der Waals surface area contributed by atoms with Crippen molar-refractivity contribution in [2.75, 3.05) is 6.26 Å². The summed E-state index contributed by atoms with van der Waals surface area (Å²) in [5.74, 6) is -1.03. The van der Waals surface area contributed by atoms with Crippen LogP contribution in [0.25, 0.3) is 0 Å². The lowest BCUT2D eigenvalue weighted by Gasteiger charge is -2.33. The molecular formula is C18H23NO5S. The minimum atomic E-state index is -3.44. The fourth-order valence-corrected chi connectivity index (χ4v) is 5.25. The van der Waals surface area contributed by atoms with Gasteiger partial charge in [0.05, 0.1) is 11.3 Å². The molecule has 0 spiro atoms. The van der Waals surface area contributed by atoms with Crippen LogP contribution in [-0.2, 0) is 25.8 Å². The first-order chi connectivity index (χ1) is 11.8. The van der Waals surface area contributed by atoms with Gasteiger partial charge in [-0.05, 0) is 36.8 Å². The van der Waals surface area contributed by atoms with E-state index in [2.05, 4.69) is 0 Å². The molecule has 1 amide bonds. The predicted octanol–water partition coefficient (Wildman–Crippen LogP) is 1.88. The Morgan fingerprint density at radius 3 is 2.56 bits per heavy atom. The number of carbonyl (C=O) groups is 2. The first kappa shape index (κ1) is 17.9. The molecule has 1 aliphatic carbocycles. The highest BCUT2D eigenvalue weighted by molar-refractivity contribution is 7.90. The van der Waals surface area contributed by atoms with Crippen LogP contribution in [0, 0.1) is 5.92 Å². The third-order valence-electron chi connectivity index (χ3n) is 5.37. The lowest BCUT2D eigenvalue weighted by atomic mass is 9.84. The molecule has 25 heavy (non-hydrogen) atoms. The minimum Gasteiger partial charge on any atom is -0.480 e. The topological polar surface area (TPSA) is 91.8 Å². The van der Waals surface area contributed by atoms with Gasteiger partial charge < -0.3 is 10.0 Å². The maximum Gasteiger partial charge on any atom is 0.326 e. The Kier molecular flexibility index (Phi) is 4.86. The van der Waals surface area contributed by atoms with Crippen molar-refractivity contribution in [1.29, 1.82) is 0 Å². The lowest BCUT2D eigenvalue weighted by molar-refractivity contribution is -0.149. The molecule has 3 atom stereocenters. The van der Waals surface area contributed by atoms with Gasteiger partial charge in [-0.15, -0.1) is 0 Å². The Labute approximate surface area is 147 Å². The fourth-order valence-electron chi connectivity index (χ4n) is 4.31. The molecule has 136 valence electrons. The Morgan fingerprint density at radius 2 is 1.88 bits per heavy atom. The zero-order valence-electron chi connectivity index (χ0n) is 14.2. The Hall–Kier alpha value is -1.89. The highest BCUT2D eigenvalue weighted by Gasteiger charge is 2.47. The maximum atomic E-state index is 12.9. The molecule has 2 aliphatic rings. The molecule has 6 nitrogen and oxygen atoms in total. The molecule has 1 heterocycles. The van der Waals surface area contributed by atoms with Gasteiger partial charge >= 0.3 is 5.97 Å². The van der Waals surface area contributed by atoms with E-state index in [1.165, 1.54) is 11.0 Å². The summed E-state index contributed by atoms with van der Waals surface area (Å²) >= 11 is 0. The number of carboxylic acids is 1. The number of sulfone groups is 1. The van der Waals surface area contributed by atoms with Crippen LogP contribution in [0.15, 0.2) is 29.2 Å². The summed E-state index contributed by atoms with van der Waals surface area (Å²) in [6.45, 7) is 0. The highest BCUT2D eigenvalue weighted by atomic mass is 32.2. The van der Waals surface area contributed by atoms with Crippen LogP contribution in [0.3, 0.4) is 0 Å². The minimum absolute atomic E-state index is 0.0345. The van der Waals surface area contributed by atoms with Crippen LogP contribution in [0.5, 0.6) is 0 Å². The quantitative estimate of drug-likeness (QED) is 0.879. The second kappa shape index (κ2) is 6.78. The van der Waals surface area contributed by atoms with Gasteiger partial charge in [-0.1, -0.05) is 31.0 Å². The molecule has 1 saturated carbocycles. The van der Waals surface area contributed by atoms with E-state index >= 15 is 0 Å². The van der Waals surface area contributed by atoms with Crippen molar-refractivity contribution in [3.63, 3.8) is 0 Å². The van der Waals surface area contributed by atoms with Crippen molar-refractivity contribution in [3.8, 4) is 0 Å². The van der Waals surface area contributed by atoms with Gasteiger partial charge in [-0.2, -0.15) is 0 Å². The lowest BCUT2D eigenvalue weighted by Crippen LogP contribution is -2.47. The molecule has 0 bridgehead atoms. The van der Waals surface area contributed by atoms with Gasteiger partial charge in [-0.25, -0.2) is 13.2 Å². The molecule has 2 fully saturated rings. The monoisotopic (exact) mass is 365 g/mol. The summed E-state index contributed by atoms with van der Waals surface area (Å²) in [5, 5.41) is 9.54. The normalized spacial score (nSPS) is 26.3. The molecule has 7 heteroatoms. The Balaban J connectivity index is 1.88. The summed E-state index contributed by atoms with van der Waals surface area (Å²) in [7, 11) is -3.44. The molecule has 0 aromatic heterocycles. The molecule has 0 radical (unpaired) electrons. The van der Waals surface area contributed by atoms with E-state index in [0.717, 1.165) is 31.9 Å². The smallest absolute Gasteiger partial charge is 0.326 e. The maximum absolute atomic E-state index is 12.9. The van der Waals surface area contributed by atoms with Crippen LogP contribution in [0.2, 0.25) is 0 Å². The Bertz CT molecular complexity index is 788. The van der Waals surface area contributed by atoms with E-state index in [1.54, 1.807) is 18.2 Å². The average molecular weight is 365 g/mol. The van der Waals surface area contributed by atoms with Crippen molar-refractivity contribution in [2.45, 2.75) is 55.5 Å². The largest absolute Gasteiger partial charge is 0.480 e. The number of amides is 1. The van der Waals surface area contributed by atoms with Crippen LogP contribution in [0.1, 0.15) is 37.7 Å². The van der Waals surface area contributed by atoms with Crippen LogP contribution >= 0.6 is 0 Å². The zero-order chi connectivity index (χ0) is 18.2. The standard InChI is InChI=1S/C18H23NO5S/c1-25(23,24)16-9-5-3-7-13(16)11-17(20)19-14-8-4-2-6-12(14)10-15(19)18(21)22/h3,5,7,9,12,14-15H,2,4,6,8,10-11H2,1H3,(H,21,22). The molecule has 1 saturated heterocycles. The first-order valence-electron chi connectivity index (χ1n) is 8.61. The summed E-state index contributed by atoms with van der Waals surface area (Å²) in [5.41, 5.74) is 0.429. The SMILES string of the molecule is CS(=O)(=O)c1ccccc1CC(=O)N1C(C(=O)O)CC2CCCCC21. The number of hydrogen-bond acceptors (Lipinski definition) is 4. The highest BCUT2D eigenvalue weighted by Crippen LogP contribution is 2.40. The molecule has 1 aliphatic heterocycles. The number of aliphatic carboxylic acids is 1. The van der Waals surface area contributed by atoms with Crippen molar-refractivity contribution >= 4 is 21.7 Å². The van der Waals surface area contributed by atoms with E-state index in [-0.39, 0.29) is 29.2 Å². The summed E-state index contributed by atoms with van der Waals surface area (Å²) in [4.78, 5) is 26.2. The predicted molar refractivity (Wildman–Crippen MR) is 91.9 cm³/mol. The molecule has 1 N–H and O–H groups in total. The number of rotatable bonds is 4. The summed E-state index contributed by atoms with van der Waals surface area (Å²) in [6.07, 6.45) is 5.38. The van der Waals surface area contributed by atoms with Gasteiger partial charge in [0.15, 0.2) is 9.84 Å². The second-order valence-electron chi connectivity index (χ2n) is 7.06. The number of hydrogen-bond donors (Lipinski definition) is 1. The average Bonchev–Trinajstić information content (AvgIpc) is 2.94. The van der Waals surface area contributed by atoms with Crippen LogP contribution < -0.4 is 0 Å². The van der Waals surface area contributed by atoms with Crippen molar-refractivity contribution < 1.29 is 23.1 Å². The van der Waals surface area contributed by atoms with Gasteiger partial charge in [0, 0.05) is 12.3 Å². The number of fused-ring (bicyclic) bond motifs is 1. The van der Waals surface area contributed by atoms with Gasteiger partial charge in [0.1, 0.15) is 6.04 Å². The third kappa shape index (κ3) is 3.56. The van der Waals surface area contributed by atoms with Crippen LogP contribution in [0.4, 0.5) is 0 Å². The van der Waals surface area contributed by atoms with E-state index in [4.69, 9.17) is 0 Å². The van der Waals surface area contributed by atoms with E-state index in [1.807, 2.05) is 0 Å². The molecule has 3 unspecified atom stereocenters. The molecule has 1 aromatic rings. The number of benzene rings is 1. The zero-order valence-corrected chi connectivity index (χ0v) is 15.0. The van der Waals surface area contributed by atoms with E-state index in [9.17, 15) is 23.1 Å². The number of carboxylic acid groups (broad SMARTS) is 1. The Morgan fingerprint density at radius 1 is 1.20 bits per heavy atom. The van der Waals surface area contributed by atoms with Crippen molar-refractivity contribution in [2.24, 2.45) is 5.92 Å². The molecule has 1 aromatic carbocycles. The number of nitrogens with zero attached hydrogens (tertiary/aromatic N) is 1.